The number of amides is 2. The molecule has 0 aliphatic carbocycles. The van der Waals surface area contributed by atoms with E-state index < -0.39 is 0 Å². The topological polar surface area (TPSA) is 49.9 Å². The molecule has 0 radical (unpaired) electrons. The Kier molecular flexibility index (Phi) is 5.50. The molecule has 0 aromatic heterocycles. The Morgan fingerprint density at radius 3 is 2.25 bits per heavy atom. The number of fused-ring (bicyclic) bond motifs is 1. The third-order valence-corrected chi connectivity index (χ3v) is 5.38. The van der Waals surface area contributed by atoms with Crippen LogP contribution in [0.2, 0.25) is 0 Å². The third kappa shape index (κ3) is 3.84. The van der Waals surface area contributed by atoms with Crippen LogP contribution in [0.1, 0.15) is 45.2 Å². The van der Waals surface area contributed by atoms with Gasteiger partial charge in [0, 0.05) is 19.6 Å². The zero-order chi connectivity index (χ0) is 19.5. The van der Waals surface area contributed by atoms with E-state index in [-0.39, 0.29) is 23.7 Å². The highest BCUT2D eigenvalue weighted by molar-refractivity contribution is 6.21. The van der Waals surface area contributed by atoms with Crippen molar-refractivity contribution >= 4 is 11.8 Å². The van der Waals surface area contributed by atoms with Crippen LogP contribution >= 0.6 is 0 Å². The summed E-state index contributed by atoms with van der Waals surface area (Å²) >= 11 is 0. The van der Waals surface area contributed by atoms with Gasteiger partial charge in [0.2, 0.25) is 0 Å². The molecule has 2 heterocycles. The summed E-state index contributed by atoms with van der Waals surface area (Å²) in [5, 5.41) is 0. The molecule has 2 aliphatic heterocycles. The molecule has 1 saturated heterocycles. The maximum atomic E-state index is 13.1. The number of halogens is 1. The quantitative estimate of drug-likeness (QED) is 0.568. The lowest BCUT2D eigenvalue weighted by Crippen LogP contribution is -2.39. The van der Waals surface area contributed by atoms with Crippen molar-refractivity contribution in [3.63, 3.8) is 0 Å². The Bertz CT molecular complexity index is 833. The molecule has 0 bridgehead atoms. The average Bonchev–Trinajstić information content (AvgIpc) is 2.97. The SMILES string of the molecule is O=C1c2ccccc2C(=O)N1CCCCN1CCO[C@@H](c2ccc(F)cc2)C1. The van der Waals surface area contributed by atoms with E-state index in [2.05, 4.69) is 4.90 Å². The van der Waals surface area contributed by atoms with E-state index in [1.807, 2.05) is 0 Å². The first-order valence-corrected chi connectivity index (χ1v) is 9.68. The second-order valence-electron chi connectivity index (χ2n) is 7.23. The van der Waals surface area contributed by atoms with Crippen LogP contribution in [-0.4, -0.2) is 54.4 Å². The Hall–Kier alpha value is -2.57. The van der Waals surface area contributed by atoms with Gasteiger partial charge in [0.25, 0.3) is 11.8 Å². The molecule has 6 heteroatoms. The average molecular weight is 382 g/mol. The van der Waals surface area contributed by atoms with Gasteiger partial charge in [-0.2, -0.15) is 0 Å². The fourth-order valence-corrected chi connectivity index (χ4v) is 3.83. The van der Waals surface area contributed by atoms with Crippen molar-refractivity contribution in [1.29, 1.82) is 0 Å². The van der Waals surface area contributed by atoms with Gasteiger partial charge in [-0.25, -0.2) is 4.39 Å². The smallest absolute Gasteiger partial charge is 0.261 e. The zero-order valence-corrected chi connectivity index (χ0v) is 15.6. The summed E-state index contributed by atoms with van der Waals surface area (Å²) < 4.78 is 18.9. The van der Waals surface area contributed by atoms with Crippen LogP contribution in [0.5, 0.6) is 0 Å². The molecule has 2 aliphatic rings. The van der Waals surface area contributed by atoms with E-state index in [1.165, 1.54) is 17.0 Å². The number of morpholine rings is 1. The summed E-state index contributed by atoms with van der Waals surface area (Å²) in [6.07, 6.45) is 1.61. The minimum absolute atomic E-state index is 0.0504. The number of hydrogen-bond donors (Lipinski definition) is 0. The van der Waals surface area contributed by atoms with Crippen LogP contribution in [0.4, 0.5) is 4.39 Å². The summed E-state index contributed by atoms with van der Waals surface area (Å²) in [4.78, 5) is 28.4. The molecular weight excluding hydrogens is 359 g/mol. The van der Waals surface area contributed by atoms with Gasteiger partial charge in [-0.05, 0) is 49.2 Å². The molecule has 0 spiro atoms. The number of carbonyl (C=O) groups is 2. The van der Waals surface area contributed by atoms with Gasteiger partial charge in [0.05, 0.1) is 23.8 Å². The van der Waals surface area contributed by atoms with Crippen LogP contribution in [0.3, 0.4) is 0 Å². The first kappa shape index (κ1) is 18.8. The lowest BCUT2D eigenvalue weighted by Gasteiger charge is -2.33. The minimum atomic E-state index is -0.246. The minimum Gasteiger partial charge on any atom is -0.371 e. The van der Waals surface area contributed by atoms with Crippen molar-refractivity contribution in [3.05, 3.63) is 71.0 Å². The van der Waals surface area contributed by atoms with Crippen LogP contribution in [-0.2, 0) is 4.74 Å². The molecule has 5 nitrogen and oxygen atoms in total. The van der Waals surface area contributed by atoms with Crippen molar-refractivity contribution in [1.82, 2.24) is 9.80 Å². The van der Waals surface area contributed by atoms with Gasteiger partial charge in [0.1, 0.15) is 5.82 Å². The number of unbranched alkanes of at least 4 members (excludes halogenated alkanes) is 1. The first-order chi connectivity index (χ1) is 13.6. The van der Waals surface area contributed by atoms with E-state index >= 15 is 0 Å². The molecule has 2 aromatic rings. The van der Waals surface area contributed by atoms with E-state index in [0.29, 0.717) is 24.3 Å². The molecule has 1 atom stereocenters. The third-order valence-electron chi connectivity index (χ3n) is 5.38. The van der Waals surface area contributed by atoms with Crippen LogP contribution in [0.15, 0.2) is 48.5 Å². The van der Waals surface area contributed by atoms with Crippen molar-refractivity contribution < 1.29 is 18.7 Å². The first-order valence-electron chi connectivity index (χ1n) is 9.68. The molecule has 146 valence electrons. The normalized spacial score (nSPS) is 19.9. The van der Waals surface area contributed by atoms with Gasteiger partial charge >= 0.3 is 0 Å². The molecule has 0 unspecified atom stereocenters. The van der Waals surface area contributed by atoms with Crippen molar-refractivity contribution in [3.8, 4) is 0 Å². The number of nitrogens with zero attached hydrogens (tertiary/aromatic N) is 2. The number of ether oxygens (including phenoxy) is 1. The van der Waals surface area contributed by atoms with Crippen molar-refractivity contribution in [2.24, 2.45) is 0 Å². The van der Waals surface area contributed by atoms with Gasteiger partial charge in [-0.1, -0.05) is 24.3 Å². The van der Waals surface area contributed by atoms with Gasteiger partial charge in [-0.15, -0.1) is 0 Å². The maximum Gasteiger partial charge on any atom is 0.261 e. The summed E-state index contributed by atoms with van der Waals surface area (Å²) in [7, 11) is 0. The molecular formula is C22H23FN2O3. The number of imide groups is 1. The number of rotatable bonds is 6. The van der Waals surface area contributed by atoms with Crippen molar-refractivity contribution in [2.45, 2.75) is 18.9 Å². The lowest BCUT2D eigenvalue weighted by atomic mass is 10.1. The van der Waals surface area contributed by atoms with Crippen LogP contribution < -0.4 is 0 Å². The van der Waals surface area contributed by atoms with Gasteiger partial charge in [0.15, 0.2) is 0 Å². The summed E-state index contributed by atoms with van der Waals surface area (Å²) in [6, 6.07) is 13.4. The lowest BCUT2D eigenvalue weighted by molar-refractivity contribution is -0.0304. The summed E-state index contributed by atoms with van der Waals surface area (Å²) in [5.74, 6) is -0.628. The highest BCUT2D eigenvalue weighted by atomic mass is 19.1. The predicted octanol–water partition coefficient (Wildman–Crippen LogP) is 3.28. The highest BCUT2D eigenvalue weighted by Gasteiger charge is 2.34. The molecule has 0 saturated carbocycles. The van der Waals surface area contributed by atoms with E-state index in [9.17, 15) is 14.0 Å². The summed E-state index contributed by atoms with van der Waals surface area (Å²) in [5.41, 5.74) is 1.99. The fourth-order valence-electron chi connectivity index (χ4n) is 3.83. The number of carbonyl (C=O) groups excluding carboxylic acids is 2. The largest absolute Gasteiger partial charge is 0.371 e. The van der Waals surface area contributed by atoms with Crippen molar-refractivity contribution in [2.75, 3.05) is 32.8 Å². The van der Waals surface area contributed by atoms with Crippen LogP contribution in [0.25, 0.3) is 0 Å². The number of benzene rings is 2. The molecule has 2 aromatic carbocycles. The molecule has 4 rings (SSSR count). The van der Waals surface area contributed by atoms with E-state index in [4.69, 9.17) is 4.74 Å². The Morgan fingerprint density at radius 1 is 0.929 bits per heavy atom. The second kappa shape index (κ2) is 8.20. The monoisotopic (exact) mass is 382 g/mol. The molecule has 28 heavy (non-hydrogen) atoms. The highest BCUT2D eigenvalue weighted by Crippen LogP contribution is 2.24. The van der Waals surface area contributed by atoms with E-state index in [0.717, 1.165) is 38.0 Å². The number of hydrogen-bond acceptors (Lipinski definition) is 4. The van der Waals surface area contributed by atoms with E-state index in [1.54, 1.807) is 36.4 Å². The zero-order valence-electron chi connectivity index (χ0n) is 15.6. The molecule has 1 fully saturated rings. The van der Waals surface area contributed by atoms with Gasteiger partial charge in [-0.3, -0.25) is 19.4 Å². The molecule has 0 N–H and O–H groups in total. The molecule has 2 amide bonds. The Morgan fingerprint density at radius 2 is 1.57 bits per heavy atom. The Labute approximate surface area is 163 Å². The standard InChI is InChI=1S/C22H23FN2O3/c23-17-9-7-16(8-10-17)20-15-24(13-14-28-20)11-3-4-12-25-21(26)18-5-1-2-6-19(18)22(25)27/h1-2,5-10,20H,3-4,11-15H2/t20-/m1/s1. The fraction of sp³-hybridized carbons (Fsp3) is 0.364. The predicted molar refractivity (Wildman–Crippen MR) is 103 cm³/mol. The summed E-state index contributed by atoms with van der Waals surface area (Å²) in [6.45, 7) is 3.58. The van der Waals surface area contributed by atoms with Crippen LogP contribution in [0, 0.1) is 5.82 Å². The van der Waals surface area contributed by atoms with Gasteiger partial charge < -0.3 is 4.74 Å². The maximum absolute atomic E-state index is 13.1. The Balaban J connectivity index is 1.25. The second-order valence-corrected chi connectivity index (χ2v) is 7.23.